The lowest BCUT2D eigenvalue weighted by Gasteiger charge is -2.39. The molecule has 0 N–H and O–H groups in total. The molecule has 0 unspecified atom stereocenters. The van der Waals surface area contributed by atoms with Crippen LogP contribution in [0.4, 0.5) is 4.39 Å². The third kappa shape index (κ3) is 3.16. The van der Waals surface area contributed by atoms with Crippen molar-refractivity contribution in [2.45, 2.75) is 32.3 Å². The maximum absolute atomic E-state index is 14.4. The van der Waals surface area contributed by atoms with Crippen molar-refractivity contribution in [2.75, 3.05) is 13.9 Å². The van der Waals surface area contributed by atoms with Gasteiger partial charge in [-0.05, 0) is 36.3 Å². The molecule has 0 aromatic heterocycles. The first kappa shape index (κ1) is 18.6. The van der Waals surface area contributed by atoms with Gasteiger partial charge in [-0.25, -0.2) is 4.39 Å². The van der Waals surface area contributed by atoms with Crippen LogP contribution in [0.5, 0.6) is 5.75 Å². The Kier molecular flexibility index (Phi) is 5.19. The Hall–Kier alpha value is -2.14. The Bertz CT molecular complexity index is 742. The van der Waals surface area contributed by atoms with Gasteiger partial charge in [0.1, 0.15) is 22.9 Å². The number of carbonyl (C=O) groups excluding carboxylic acids is 1. The Labute approximate surface area is 153 Å². The third-order valence-electron chi connectivity index (χ3n) is 5.70. The topological polar surface area (TPSA) is 44.8 Å². The first-order valence-corrected chi connectivity index (χ1v) is 8.89. The first-order chi connectivity index (χ1) is 12.4. The SMILES string of the molecule is C=C[C@H](C)[C@H]1C[C@]2([C@@H](C)Cc3ccc(OC)cc3F)OCOC2=CC1=O. The average molecular weight is 360 g/mol. The number of ether oxygens (including phenoxy) is 3. The van der Waals surface area contributed by atoms with Crippen molar-refractivity contribution >= 4 is 5.78 Å². The maximum atomic E-state index is 14.4. The molecular formula is C21H25FO4. The van der Waals surface area contributed by atoms with Crippen molar-refractivity contribution in [3.8, 4) is 5.75 Å². The van der Waals surface area contributed by atoms with Gasteiger partial charge in [-0.1, -0.05) is 26.0 Å². The predicted octanol–water partition coefficient (Wildman–Crippen LogP) is 4.05. The molecule has 1 aromatic carbocycles. The number of benzene rings is 1. The van der Waals surface area contributed by atoms with Gasteiger partial charge in [0.05, 0.1) is 7.11 Å². The van der Waals surface area contributed by atoms with E-state index in [0.717, 1.165) is 0 Å². The number of methoxy groups -OCH3 is 1. The standard InChI is InChI=1S/C21H25FO4/c1-5-13(2)17-11-21(20(10-19(17)23)25-12-26-21)14(3)8-15-6-7-16(24-4)9-18(15)22/h5-7,9-10,13-14,17H,1,8,11-12H2,2-4H3/t13-,14-,17+,21+/m0/s1. The average Bonchev–Trinajstić information content (AvgIpc) is 3.05. The minimum Gasteiger partial charge on any atom is -0.497 e. The molecule has 2 aliphatic rings. The number of rotatable bonds is 6. The number of halogens is 1. The number of allylic oxidation sites excluding steroid dienone is 2. The van der Waals surface area contributed by atoms with E-state index in [9.17, 15) is 9.18 Å². The van der Waals surface area contributed by atoms with Crippen LogP contribution in [0, 0.1) is 23.6 Å². The van der Waals surface area contributed by atoms with E-state index in [0.29, 0.717) is 29.9 Å². The van der Waals surface area contributed by atoms with Crippen LogP contribution in [0.2, 0.25) is 0 Å². The van der Waals surface area contributed by atoms with Gasteiger partial charge in [-0.15, -0.1) is 6.58 Å². The fourth-order valence-corrected chi connectivity index (χ4v) is 3.89. The normalized spacial score (nSPS) is 27.2. The second kappa shape index (κ2) is 7.23. The second-order valence-corrected chi connectivity index (χ2v) is 7.17. The first-order valence-electron chi connectivity index (χ1n) is 8.89. The van der Waals surface area contributed by atoms with Crippen molar-refractivity contribution < 1.29 is 23.4 Å². The summed E-state index contributed by atoms with van der Waals surface area (Å²) in [7, 11) is 1.51. The van der Waals surface area contributed by atoms with E-state index in [1.165, 1.54) is 13.2 Å². The lowest BCUT2D eigenvalue weighted by atomic mass is 9.69. The molecule has 0 saturated carbocycles. The number of hydrogen-bond acceptors (Lipinski definition) is 4. The summed E-state index contributed by atoms with van der Waals surface area (Å²) in [5.41, 5.74) is -0.116. The van der Waals surface area contributed by atoms with E-state index in [-0.39, 0.29) is 36.1 Å². The van der Waals surface area contributed by atoms with E-state index >= 15 is 0 Å². The summed E-state index contributed by atoms with van der Waals surface area (Å²) in [5, 5.41) is 0. The zero-order valence-corrected chi connectivity index (χ0v) is 15.5. The van der Waals surface area contributed by atoms with Crippen molar-refractivity contribution in [3.05, 3.63) is 54.1 Å². The number of fused-ring (bicyclic) bond motifs is 1. The van der Waals surface area contributed by atoms with Gasteiger partial charge in [-0.3, -0.25) is 4.79 Å². The molecular weight excluding hydrogens is 335 g/mol. The lowest BCUT2D eigenvalue weighted by Crippen LogP contribution is -2.46. The molecule has 1 aliphatic heterocycles. The van der Waals surface area contributed by atoms with Crippen LogP contribution in [0.25, 0.3) is 0 Å². The van der Waals surface area contributed by atoms with E-state index < -0.39 is 5.60 Å². The van der Waals surface area contributed by atoms with Crippen molar-refractivity contribution in [3.63, 3.8) is 0 Å². The van der Waals surface area contributed by atoms with E-state index in [1.54, 1.807) is 24.3 Å². The van der Waals surface area contributed by atoms with Crippen LogP contribution in [-0.4, -0.2) is 25.3 Å². The van der Waals surface area contributed by atoms with E-state index in [2.05, 4.69) is 6.58 Å². The smallest absolute Gasteiger partial charge is 0.189 e. The number of hydrogen-bond donors (Lipinski definition) is 0. The lowest BCUT2D eigenvalue weighted by molar-refractivity contribution is -0.124. The summed E-state index contributed by atoms with van der Waals surface area (Å²) in [4.78, 5) is 12.5. The molecule has 4 atom stereocenters. The quantitative estimate of drug-likeness (QED) is 0.718. The summed E-state index contributed by atoms with van der Waals surface area (Å²) >= 11 is 0. The zero-order chi connectivity index (χ0) is 18.9. The van der Waals surface area contributed by atoms with Gasteiger partial charge in [0.25, 0.3) is 0 Å². The maximum Gasteiger partial charge on any atom is 0.189 e. The number of ketones is 1. The molecule has 0 radical (unpaired) electrons. The Balaban J connectivity index is 1.89. The fraction of sp³-hybridized carbons (Fsp3) is 0.476. The van der Waals surface area contributed by atoms with Crippen LogP contribution in [0.3, 0.4) is 0 Å². The highest BCUT2D eigenvalue weighted by Crippen LogP contribution is 2.47. The van der Waals surface area contributed by atoms with Crippen LogP contribution < -0.4 is 4.74 Å². The summed E-state index contributed by atoms with van der Waals surface area (Å²) in [6, 6.07) is 4.87. The predicted molar refractivity (Wildman–Crippen MR) is 96.1 cm³/mol. The molecule has 4 nitrogen and oxygen atoms in total. The summed E-state index contributed by atoms with van der Waals surface area (Å²) in [6.45, 7) is 7.92. The summed E-state index contributed by atoms with van der Waals surface area (Å²) < 4.78 is 31.1. The molecule has 0 bridgehead atoms. The highest BCUT2D eigenvalue weighted by atomic mass is 19.1. The van der Waals surface area contributed by atoms with Crippen molar-refractivity contribution in [2.24, 2.45) is 17.8 Å². The van der Waals surface area contributed by atoms with Gasteiger partial charge in [0.15, 0.2) is 12.6 Å². The monoisotopic (exact) mass is 360 g/mol. The molecule has 0 amide bonds. The van der Waals surface area contributed by atoms with Crippen molar-refractivity contribution in [1.29, 1.82) is 0 Å². The molecule has 1 fully saturated rings. The Morgan fingerprint density at radius 1 is 1.46 bits per heavy atom. The summed E-state index contributed by atoms with van der Waals surface area (Å²) in [6.07, 6.45) is 4.34. The van der Waals surface area contributed by atoms with Gasteiger partial charge in [0, 0.05) is 18.1 Å². The number of carbonyl (C=O) groups is 1. The summed E-state index contributed by atoms with van der Waals surface area (Å²) in [5.74, 6) is 0.549. The molecule has 140 valence electrons. The third-order valence-corrected chi connectivity index (χ3v) is 5.70. The molecule has 1 saturated heterocycles. The van der Waals surface area contributed by atoms with Crippen LogP contribution in [-0.2, 0) is 20.7 Å². The van der Waals surface area contributed by atoms with Gasteiger partial charge >= 0.3 is 0 Å². The zero-order valence-electron chi connectivity index (χ0n) is 15.5. The van der Waals surface area contributed by atoms with Gasteiger partial charge < -0.3 is 14.2 Å². The minimum absolute atomic E-state index is 0.0336. The van der Waals surface area contributed by atoms with Crippen LogP contribution >= 0.6 is 0 Å². The Morgan fingerprint density at radius 3 is 2.88 bits per heavy atom. The largest absolute Gasteiger partial charge is 0.497 e. The molecule has 26 heavy (non-hydrogen) atoms. The molecule has 5 heteroatoms. The molecule has 1 aromatic rings. The minimum atomic E-state index is -0.706. The highest BCUT2D eigenvalue weighted by Gasteiger charge is 2.52. The molecule has 1 heterocycles. The fourth-order valence-electron chi connectivity index (χ4n) is 3.89. The Morgan fingerprint density at radius 2 is 2.23 bits per heavy atom. The molecule has 3 rings (SSSR count). The van der Waals surface area contributed by atoms with Crippen molar-refractivity contribution in [1.82, 2.24) is 0 Å². The van der Waals surface area contributed by atoms with Crippen LogP contribution in [0.1, 0.15) is 25.8 Å². The van der Waals surface area contributed by atoms with Gasteiger partial charge in [0.2, 0.25) is 0 Å². The van der Waals surface area contributed by atoms with Crippen LogP contribution in [0.15, 0.2) is 42.7 Å². The highest BCUT2D eigenvalue weighted by molar-refractivity contribution is 5.94. The molecule has 1 aliphatic carbocycles. The second-order valence-electron chi connectivity index (χ2n) is 7.17. The van der Waals surface area contributed by atoms with Gasteiger partial charge in [-0.2, -0.15) is 0 Å². The van der Waals surface area contributed by atoms with E-state index in [1.807, 2.05) is 13.8 Å². The molecule has 0 spiro atoms. The van der Waals surface area contributed by atoms with E-state index in [4.69, 9.17) is 14.2 Å².